The lowest BCUT2D eigenvalue weighted by molar-refractivity contribution is -0.144. The second-order valence-electron chi connectivity index (χ2n) is 6.37. The molecule has 2 fully saturated rings. The summed E-state index contributed by atoms with van der Waals surface area (Å²) in [5, 5.41) is 14.9. The van der Waals surface area contributed by atoms with E-state index in [2.05, 4.69) is 10.6 Å². The summed E-state index contributed by atoms with van der Waals surface area (Å²) in [7, 11) is 0. The quantitative estimate of drug-likeness (QED) is 0.770. The molecule has 0 aliphatic heterocycles. The van der Waals surface area contributed by atoms with Crippen LogP contribution in [-0.4, -0.2) is 34.5 Å². The van der Waals surface area contributed by atoms with Crippen LogP contribution in [0.2, 0.25) is 0 Å². The minimum Gasteiger partial charge on any atom is -0.480 e. The average molecular weight is 316 g/mol. The molecule has 0 aromatic heterocycles. The molecule has 2 aliphatic carbocycles. The van der Waals surface area contributed by atoms with Crippen LogP contribution in [0.15, 0.2) is 24.3 Å². The zero-order chi connectivity index (χ0) is 16.4. The van der Waals surface area contributed by atoms with Gasteiger partial charge in [0.25, 0.3) is 11.8 Å². The Balaban J connectivity index is 1.67. The maximum absolute atomic E-state index is 12.3. The van der Waals surface area contributed by atoms with Crippen molar-refractivity contribution in [3.8, 4) is 0 Å². The largest absolute Gasteiger partial charge is 0.480 e. The van der Waals surface area contributed by atoms with Gasteiger partial charge >= 0.3 is 5.97 Å². The van der Waals surface area contributed by atoms with E-state index in [9.17, 15) is 19.5 Å². The standard InChI is InChI=1S/C17H20N2O4/c20-14(18-13-7-8-13)11-3-5-12(6-4-11)15(21)19-17(16(22)23)9-1-2-10-17/h3-6,13H,1-2,7-10H2,(H,18,20)(H,19,21)(H,22,23). The Labute approximate surface area is 134 Å². The lowest BCUT2D eigenvalue weighted by atomic mass is 9.97. The van der Waals surface area contributed by atoms with E-state index in [1.807, 2.05) is 0 Å². The predicted molar refractivity (Wildman–Crippen MR) is 83.2 cm³/mol. The first-order valence-electron chi connectivity index (χ1n) is 7.97. The summed E-state index contributed by atoms with van der Waals surface area (Å²) in [6, 6.07) is 6.58. The zero-order valence-electron chi connectivity index (χ0n) is 12.8. The summed E-state index contributed by atoms with van der Waals surface area (Å²) in [6.07, 6.45) is 4.54. The van der Waals surface area contributed by atoms with Gasteiger partial charge in [-0.15, -0.1) is 0 Å². The summed E-state index contributed by atoms with van der Waals surface area (Å²) in [4.78, 5) is 35.7. The highest BCUT2D eigenvalue weighted by Gasteiger charge is 2.42. The topological polar surface area (TPSA) is 95.5 Å². The van der Waals surface area contributed by atoms with Crippen molar-refractivity contribution in [1.82, 2.24) is 10.6 Å². The van der Waals surface area contributed by atoms with Gasteiger partial charge in [0.05, 0.1) is 0 Å². The van der Waals surface area contributed by atoms with E-state index in [0.29, 0.717) is 24.0 Å². The van der Waals surface area contributed by atoms with Gasteiger partial charge in [0, 0.05) is 17.2 Å². The van der Waals surface area contributed by atoms with Crippen molar-refractivity contribution < 1.29 is 19.5 Å². The Morgan fingerprint density at radius 2 is 1.48 bits per heavy atom. The van der Waals surface area contributed by atoms with E-state index >= 15 is 0 Å². The summed E-state index contributed by atoms with van der Waals surface area (Å²) >= 11 is 0. The molecule has 0 radical (unpaired) electrons. The third-order valence-corrected chi connectivity index (χ3v) is 4.54. The molecule has 6 heteroatoms. The molecule has 2 amide bonds. The molecule has 1 aromatic rings. The maximum Gasteiger partial charge on any atom is 0.329 e. The van der Waals surface area contributed by atoms with Crippen molar-refractivity contribution in [3.63, 3.8) is 0 Å². The van der Waals surface area contributed by atoms with Crippen LogP contribution in [0.5, 0.6) is 0 Å². The molecule has 0 saturated heterocycles. The van der Waals surface area contributed by atoms with E-state index < -0.39 is 17.4 Å². The molecule has 0 bridgehead atoms. The smallest absolute Gasteiger partial charge is 0.329 e. The molecule has 122 valence electrons. The fourth-order valence-electron chi connectivity index (χ4n) is 2.93. The average Bonchev–Trinajstić information content (AvgIpc) is 3.22. The minimum atomic E-state index is -1.15. The number of carbonyl (C=O) groups excluding carboxylic acids is 2. The summed E-state index contributed by atoms with van der Waals surface area (Å²) in [5.74, 6) is -1.54. The first-order chi connectivity index (χ1) is 11.0. The van der Waals surface area contributed by atoms with Crippen molar-refractivity contribution in [2.45, 2.75) is 50.1 Å². The Morgan fingerprint density at radius 1 is 0.957 bits per heavy atom. The number of carboxylic acid groups (broad SMARTS) is 1. The van der Waals surface area contributed by atoms with E-state index in [-0.39, 0.29) is 11.9 Å². The second-order valence-corrected chi connectivity index (χ2v) is 6.37. The Kier molecular flexibility index (Phi) is 4.07. The molecule has 1 aromatic carbocycles. The fourth-order valence-corrected chi connectivity index (χ4v) is 2.93. The SMILES string of the molecule is O=C(NC1CC1)c1ccc(C(=O)NC2(C(=O)O)CCCC2)cc1. The van der Waals surface area contributed by atoms with Crippen LogP contribution in [0.3, 0.4) is 0 Å². The normalized spacial score (nSPS) is 19.1. The second kappa shape index (κ2) is 6.02. The van der Waals surface area contributed by atoms with Gasteiger partial charge < -0.3 is 15.7 Å². The van der Waals surface area contributed by atoms with Crippen LogP contribution in [0, 0.1) is 0 Å². The van der Waals surface area contributed by atoms with Gasteiger partial charge in [-0.05, 0) is 49.9 Å². The number of nitrogens with one attached hydrogen (secondary N) is 2. The zero-order valence-corrected chi connectivity index (χ0v) is 12.8. The highest BCUT2D eigenvalue weighted by Crippen LogP contribution is 2.30. The highest BCUT2D eigenvalue weighted by molar-refractivity contribution is 6.00. The van der Waals surface area contributed by atoms with E-state index in [4.69, 9.17) is 0 Å². The number of benzene rings is 1. The Bertz CT molecular complexity index is 628. The van der Waals surface area contributed by atoms with E-state index in [0.717, 1.165) is 25.7 Å². The van der Waals surface area contributed by atoms with Crippen molar-refractivity contribution in [2.24, 2.45) is 0 Å². The van der Waals surface area contributed by atoms with Gasteiger partial charge in [-0.25, -0.2) is 4.79 Å². The minimum absolute atomic E-state index is 0.141. The molecule has 2 saturated carbocycles. The van der Waals surface area contributed by atoms with E-state index in [1.54, 1.807) is 24.3 Å². The molecule has 2 aliphatic rings. The first-order valence-corrected chi connectivity index (χ1v) is 7.97. The molecule has 3 rings (SSSR count). The molecular formula is C17H20N2O4. The van der Waals surface area contributed by atoms with Gasteiger partial charge in [-0.2, -0.15) is 0 Å². The van der Waals surface area contributed by atoms with Gasteiger partial charge in [0.1, 0.15) is 5.54 Å². The number of hydrogen-bond acceptors (Lipinski definition) is 3. The van der Waals surface area contributed by atoms with Crippen molar-refractivity contribution in [3.05, 3.63) is 35.4 Å². The monoisotopic (exact) mass is 316 g/mol. The molecular weight excluding hydrogens is 296 g/mol. The number of amides is 2. The van der Waals surface area contributed by atoms with Crippen LogP contribution in [0.4, 0.5) is 0 Å². The molecule has 0 spiro atoms. The number of aliphatic carboxylic acids is 1. The summed E-state index contributed by atoms with van der Waals surface area (Å²) < 4.78 is 0. The van der Waals surface area contributed by atoms with Gasteiger partial charge in [-0.1, -0.05) is 12.8 Å². The molecule has 0 heterocycles. The third kappa shape index (κ3) is 3.36. The first kappa shape index (κ1) is 15.5. The molecule has 3 N–H and O–H groups in total. The number of carbonyl (C=O) groups is 3. The van der Waals surface area contributed by atoms with Gasteiger partial charge in [0.2, 0.25) is 0 Å². The maximum atomic E-state index is 12.3. The third-order valence-electron chi connectivity index (χ3n) is 4.54. The van der Waals surface area contributed by atoms with Gasteiger partial charge in [-0.3, -0.25) is 9.59 Å². The summed E-state index contributed by atoms with van der Waals surface area (Å²) in [5.41, 5.74) is -0.290. The molecule has 6 nitrogen and oxygen atoms in total. The Morgan fingerprint density at radius 3 is 1.96 bits per heavy atom. The summed E-state index contributed by atoms with van der Waals surface area (Å²) in [6.45, 7) is 0. The van der Waals surface area contributed by atoms with Gasteiger partial charge in [0.15, 0.2) is 0 Å². The highest BCUT2D eigenvalue weighted by atomic mass is 16.4. The molecule has 0 unspecified atom stereocenters. The van der Waals surface area contributed by atoms with Crippen LogP contribution in [0.25, 0.3) is 0 Å². The fraction of sp³-hybridized carbons (Fsp3) is 0.471. The van der Waals surface area contributed by atoms with Crippen LogP contribution < -0.4 is 10.6 Å². The lowest BCUT2D eigenvalue weighted by Crippen LogP contribution is -2.52. The van der Waals surface area contributed by atoms with Crippen molar-refractivity contribution in [2.75, 3.05) is 0 Å². The van der Waals surface area contributed by atoms with E-state index in [1.165, 1.54) is 0 Å². The number of rotatable bonds is 5. The molecule has 23 heavy (non-hydrogen) atoms. The predicted octanol–water partition coefficient (Wildman–Crippen LogP) is 1.71. The van der Waals surface area contributed by atoms with Crippen molar-refractivity contribution in [1.29, 1.82) is 0 Å². The number of carboxylic acids is 1. The number of hydrogen-bond donors (Lipinski definition) is 3. The van der Waals surface area contributed by atoms with Crippen molar-refractivity contribution >= 4 is 17.8 Å². The Hall–Kier alpha value is -2.37. The van der Waals surface area contributed by atoms with Crippen LogP contribution in [-0.2, 0) is 4.79 Å². The van der Waals surface area contributed by atoms with Crippen LogP contribution in [0.1, 0.15) is 59.2 Å². The molecule has 0 atom stereocenters. The lowest BCUT2D eigenvalue weighted by Gasteiger charge is -2.25. The van der Waals surface area contributed by atoms with Crippen LogP contribution >= 0.6 is 0 Å².